The molecule has 1 rings (SSSR count). The van der Waals surface area contributed by atoms with Crippen LogP contribution in [0, 0.1) is 11.7 Å². The van der Waals surface area contributed by atoms with Crippen molar-refractivity contribution in [1.29, 1.82) is 0 Å². The van der Waals surface area contributed by atoms with Crippen molar-refractivity contribution in [2.45, 2.75) is 39.3 Å². The van der Waals surface area contributed by atoms with Gasteiger partial charge in [-0.3, -0.25) is 4.79 Å². The van der Waals surface area contributed by atoms with E-state index in [0.29, 0.717) is 5.56 Å². The minimum absolute atomic E-state index is 0.109. The Bertz CT molecular complexity index is 409. The first-order valence-corrected chi connectivity index (χ1v) is 6.27. The van der Waals surface area contributed by atoms with Gasteiger partial charge in [0.1, 0.15) is 5.82 Å². The highest BCUT2D eigenvalue weighted by molar-refractivity contribution is 5.82. The number of amides is 1. The van der Waals surface area contributed by atoms with Gasteiger partial charge in [-0.2, -0.15) is 0 Å². The van der Waals surface area contributed by atoms with Gasteiger partial charge in [0.2, 0.25) is 5.91 Å². The number of hydrogen-bond acceptors (Lipinski definition) is 2. The fraction of sp³-hybridized carbons (Fsp3) is 0.500. The van der Waals surface area contributed by atoms with Gasteiger partial charge in [-0.15, -0.1) is 0 Å². The lowest BCUT2D eigenvalue weighted by molar-refractivity contribution is -0.124. The van der Waals surface area contributed by atoms with Crippen LogP contribution in [-0.4, -0.2) is 11.9 Å². The van der Waals surface area contributed by atoms with E-state index in [4.69, 9.17) is 5.73 Å². The molecule has 18 heavy (non-hydrogen) atoms. The Morgan fingerprint density at radius 3 is 2.56 bits per heavy atom. The van der Waals surface area contributed by atoms with Crippen molar-refractivity contribution in [1.82, 2.24) is 5.32 Å². The molecule has 4 heteroatoms. The lowest BCUT2D eigenvalue weighted by Crippen LogP contribution is -2.45. The molecule has 0 spiro atoms. The maximum Gasteiger partial charge on any atom is 0.237 e. The molecule has 0 aliphatic carbocycles. The normalized spacial score (nSPS) is 15.8. The van der Waals surface area contributed by atoms with Crippen molar-refractivity contribution < 1.29 is 9.18 Å². The number of nitrogens with one attached hydrogen (secondary N) is 1. The first-order chi connectivity index (χ1) is 8.47. The zero-order chi connectivity index (χ0) is 13.7. The van der Waals surface area contributed by atoms with Gasteiger partial charge in [0.15, 0.2) is 0 Å². The average Bonchev–Trinajstić information content (AvgIpc) is 2.37. The van der Waals surface area contributed by atoms with E-state index in [0.717, 1.165) is 6.42 Å². The fourth-order valence-electron chi connectivity index (χ4n) is 1.73. The van der Waals surface area contributed by atoms with Gasteiger partial charge < -0.3 is 11.1 Å². The highest BCUT2D eigenvalue weighted by atomic mass is 19.1. The predicted octanol–water partition coefficient (Wildman–Crippen LogP) is 2.38. The maximum absolute atomic E-state index is 13.5. The summed E-state index contributed by atoms with van der Waals surface area (Å²) in [6.45, 7) is 5.66. The van der Waals surface area contributed by atoms with Crippen LogP contribution in [0.15, 0.2) is 24.3 Å². The van der Waals surface area contributed by atoms with E-state index < -0.39 is 6.04 Å². The first-order valence-electron chi connectivity index (χ1n) is 6.27. The third-order valence-corrected chi connectivity index (χ3v) is 3.29. The SMILES string of the molecule is CC[C@H](C)[C@H](N)C(=O)N[C@H](C)c1ccccc1F. The van der Waals surface area contributed by atoms with E-state index in [9.17, 15) is 9.18 Å². The molecule has 0 aromatic heterocycles. The van der Waals surface area contributed by atoms with Crippen molar-refractivity contribution in [3.8, 4) is 0 Å². The highest BCUT2D eigenvalue weighted by Gasteiger charge is 2.21. The molecule has 0 saturated carbocycles. The van der Waals surface area contributed by atoms with Crippen molar-refractivity contribution in [3.05, 3.63) is 35.6 Å². The van der Waals surface area contributed by atoms with Crippen LogP contribution in [0.3, 0.4) is 0 Å². The number of carbonyl (C=O) groups is 1. The Morgan fingerprint density at radius 1 is 1.39 bits per heavy atom. The van der Waals surface area contributed by atoms with E-state index in [1.165, 1.54) is 6.07 Å². The Morgan fingerprint density at radius 2 is 2.00 bits per heavy atom. The molecule has 0 aliphatic heterocycles. The van der Waals surface area contributed by atoms with E-state index in [-0.39, 0.29) is 23.7 Å². The van der Waals surface area contributed by atoms with Gasteiger partial charge in [0, 0.05) is 5.56 Å². The Kier molecular flexibility index (Phi) is 5.28. The van der Waals surface area contributed by atoms with Crippen LogP contribution >= 0.6 is 0 Å². The summed E-state index contributed by atoms with van der Waals surface area (Å²) >= 11 is 0. The second-order valence-electron chi connectivity index (χ2n) is 4.66. The van der Waals surface area contributed by atoms with Crippen molar-refractivity contribution in [3.63, 3.8) is 0 Å². The van der Waals surface area contributed by atoms with Crippen LogP contribution in [-0.2, 0) is 4.79 Å². The molecule has 0 heterocycles. The molecule has 0 aliphatic rings. The van der Waals surface area contributed by atoms with Crippen LogP contribution in [0.4, 0.5) is 4.39 Å². The third kappa shape index (κ3) is 3.53. The van der Waals surface area contributed by atoms with Crippen molar-refractivity contribution in [2.24, 2.45) is 11.7 Å². The predicted molar refractivity (Wildman–Crippen MR) is 70.4 cm³/mol. The second kappa shape index (κ2) is 6.50. The standard InChI is InChI=1S/C14H21FN2O/c1-4-9(2)13(16)14(18)17-10(3)11-7-5-6-8-12(11)15/h5-10,13H,4,16H2,1-3H3,(H,17,18)/t9-,10+,13-/m0/s1. The zero-order valence-electron chi connectivity index (χ0n) is 11.1. The monoisotopic (exact) mass is 252 g/mol. The summed E-state index contributed by atoms with van der Waals surface area (Å²) in [6, 6.07) is 5.48. The highest BCUT2D eigenvalue weighted by Crippen LogP contribution is 2.16. The van der Waals surface area contributed by atoms with E-state index in [1.807, 2.05) is 13.8 Å². The minimum Gasteiger partial charge on any atom is -0.348 e. The smallest absolute Gasteiger partial charge is 0.237 e. The van der Waals surface area contributed by atoms with Gasteiger partial charge >= 0.3 is 0 Å². The summed E-state index contributed by atoms with van der Waals surface area (Å²) in [7, 11) is 0. The first kappa shape index (κ1) is 14.6. The number of nitrogens with two attached hydrogens (primary N) is 1. The molecule has 0 radical (unpaired) electrons. The molecule has 0 fully saturated rings. The summed E-state index contributed by atoms with van der Waals surface area (Å²) in [4.78, 5) is 11.9. The van der Waals surface area contributed by atoms with Crippen molar-refractivity contribution in [2.75, 3.05) is 0 Å². The van der Waals surface area contributed by atoms with Crippen LogP contribution in [0.1, 0.15) is 38.8 Å². The summed E-state index contributed by atoms with van der Waals surface area (Å²) in [5.74, 6) is -0.444. The molecule has 1 aromatic carbocycles. The summed E-state index contributed by atoms with van der Waals surface area (Å²) < 4.78 is 13.5. The molecular weight excluding hydrogens is 231 g/mol. The molecular formula is C14H21FN2O. The van der Waals surface area contributed by atoms with Gasteiger partial charge in [-0.05, 0) is 18.9 Å². The quantitative estimate of drug-likeness (QED) is 0.845. The number of halogens is 1. The lowest BCUT2D eigenvalue weighted by Gasteiger charge is -2.21. The van der Waals surface area contributed by atoms with Gasteiger partial charge in [-0.25, -0.2) is 4.39 Å². The number of hydrogen-bond donors (Lipinski definition) is 2. The summed E-state index contributed by atoms with van der Waals surface area (Å²) in [5.41, 5.74) is 6.30. The molecule has 3 nitrogen and oxygen atoms in total. The van der Waals surface area contributed by atoms with E-state index >= 15 is 0 Å². The van der Waals surface area contributed by atoms with E-state index in [2.05, 4.69) is 5.32 Å². The molecule has 0 bridgehead atoms. The third-order valence-electron chi connectivity index (χ3n) is 3.29. The zero-order valence-corrected chi connectivity index (χ0v) is 11.1. The van der Waals surface area contributed by atoms with Gasteiger partial charge in [-0.1, -0.05) is 38.5 Å². The molecule has 3 N–H and O–H groups in total. The summed E-state index contributed by atoms with van der Waals surface area (Å²) in [5, 5.41) is 2.75. The van der Waals surface area contributed by atoms with Crippen LogP contribution in [0.2, 0.25) is 0 Å². The number of rotatable bonds is 5. The fourth-order valence-corrected chi connectivity index (χ4v) is 1.73. The maximum atomic E-state index is 13.5. The van der Waals surface area contributed by atoms with Gasteiger partial charge in [0.05, 0.1) is 12.1 Å². The molecule has 0 unspecified atom stereocenters. The van der Waals surface area contributed by atoms with Crippen molar-refractivity contribution >= 4 is 5.91 Å². The molecule has 1 amide bonds. The van der Waals surface area contributed by atoms with Crippen LogP contribution in [0.25, 0.3) is 0 Å². The van der Waals surface area contributed by atoms with E-state index in [1.54, 1.807) is 25.1 Å². The second-order valence-corrected chi connectivity index (χ2v) is 4.66. The molecule has 100 valence electrons. The number of carbonyl (C=O) groups excluding carboxylic acids is 1. The Balaban J connectivity index is 2.68. The number of benzene rings is 1. The van der Waals surface area contributed by atoms with Crippen LogP contribution < -0.4 is 11.1 Å². The van der Waals surface area contributed by atoms with Crippen LogP contribution in [0.5, 0.6) is 0 Å². The topological polar surface area (TPSA) is 55.1 Å². The molecule has 3 atom stereocenters. The molecule has 0 saturated heterocycles. The average molecular weight is 252 g/mol. The largest absolute Gasteiger partial charge is 0.348 e. The lowest BCUT2D eigenvalue weighted by atomic mass is 9.98. The Hall–Kier alpha value is -1.42. The Labute approximate surface area is 108 Å². The molecule has 1 aromatic rings. The van der Waals surface area contributed by atoms with Gasteiger partial charge in [0.25, 0.3) is 0 Å². The summed E-state index contributed by atoms with van der Waals surface area (Å²) in [6.07, 6.45) is 0.836. The minimum atomic E-state index is -0.552.